The highest BCUT2D eigenvalue weighted by Gasteiger charge is 2.32. The highest BCUT2D eigenvalue weighted by atomic mass is 16.5. The molecule has 0 aliphatic carbocycles. The molecule has 0 radical (unpaired) electrons. The van der Waals surface area contributed by atoms with Crippen molar-refractivity contribution in [2.24, 2.45) is 4.99 Å². The van der Waals surface area contributed by atoms with Crippen LogP contribution in [0.2, 0.25) is 0 Å². The van der Waals surface area contributed by atoms with Crippen molar-refractivity contribution >= 4 is 29.2 Å². The predicted molar refractivity (Wildman–Crippen MR) is 127 cm³/mol. The average Bonchev–Trinajstić information content (AvgIpc) is 3.10. The molecule has 0 bridgehead atoms. The first-order valence-corrected chi connectivity index (χ1v) is 10.1. The number of benzene rings is 3. The SMILES string of the molecule is COc1ccc(N2C(=O)/C(=C\c3ccc(N(C)C)cc3)N=C2c2cccc(C)c2)cc1. The van der Waals surface area contributed by atoms with Gasteiger partial charge in [-0.1, -0.05) is 35.9 Å². The minimum Gasteiger partial charge on any atom is -0.497 e. The first kappa shape index (κ1) is 20.4. The molecule has 1 aliphatic rings. The van der Waals surface area contributed by atoms with Crippen molar-refractivity contribution in [3.8, 4) is 5.75 Å². The molecule has 0 spiro atoms. The van der Waals surface area contributed by atoms with Crippen molar-refractivity contribution in [3.63, 3.8) is 0 Å². The topological polar surface area (TPSA) is 45.1 Å². The monoisotopic (exact) mass is 411 g/mol. The van der Waals surface area contributed by atoms with Crippen molar-refractivity contribution in [2.75, 3.05) is 31.0 Å². The largest absolute Gasteiger partial charge is 0.497 e. The Kier molecular flexibility index (Phi) is 5.58. The number of nitrogens with zero attached hydrogens (tertiary/aromatic N) is 3. The van der Waals surface area contributed by atoms with Gasteiger partial charge in [0.2, 0.25) is 0 Å². The third-order valence-corrected chi connectivity index (χ3v) is 5.18. The van der Waals surface area contributed by atoms with Crippen LogP contribution in [0.4, 0.5) is 11.4 Å². The molecule has 1 amide bonds. The van der Waals surface area contributed by atoms with Crippen molar-refractivity contribution in [1.82, 2.24) is 0 Å². The number of carbonyl (C=O) groups is 1. The van der Waals surface area contributed by atoms with Crippen LogP contribution in [-0.2, 0) is 4.79 Å². The van der Waals surface area contributed by atoms with Gasteiger partial charge in [0.25, 0.3) is 5.91 Å². The molecular formula is C26H25N3O2. The number of aliphatic imine (C=N–C) groups is 1. The van der Waals surface area contributed by atoms with E-state index >= 15 is 0 Å². The van der Waals surface area contributed by atoms with Crippen molar-refractivity contribution in [3.05, 3.63) is 95.2 Å². The zero-order valence-corrected chi connectivity index (χ0v) is 18.2. The third-order valence-electron chi connectivity index (χ3n) is 5.18. The van der Waals surface area contributed by atoms with E-state index in [4.69, 9.17) is 9.73 Å². The molecule has 0 saturated carbocycles. The lowest BCUT2D eigenvalue weighted by Crippen LogP contribution is -2.32. The molecule has 0 saturated heterocycles. The van der Waals surface area contributed by atoms with Gasteiger partial charge in [-0.15, -0.1) is 0 Å². The first-order valence-electron chi connectivity index (χ1n) is 10.1. The van der Waals surface area contributed by atoms with Crippen LogP contribution in [-0.4, -0.2) is 32.9 Å². The fourth-order valence-corrected chi connectivity index (χ4v) is 3.49. The third kappa shape index (κ3) is 4.21. The minimum absolute atomic E-state index is 0.154. The highest BCUT2D eigenvalue weighted by Crippen LogP contribution is 2.29. The van der Waals surface area contributed by atoms with Gasteiger partial charge in [0.1, 0.15) is 17.3 Å². The fraction of sp³-hybridized carbons (Fsp3) is 0.154. The Morgan fingerprint density at radius 1 is 0.968 bits per heavy atom. The number of ether oxygens (including phenoxy) is 1. The van der Waals surface area contributed by atoms with Gasteiger partial charge in [-0.25, -0.2) is 4.99 Å². The molecule has 31 heavy (non-hydrogen) atoms. The second kappa shape index (κ2) is 8.48. The second-order valence-electron chi connectivity index (χ2n) is 7.66. The smallest absolute Gasteiger partial charge is 0.282 e. The van der Waals surface area contributed by atoms with Gasteiger partial charge in [0, 0.05) is 25.3 Å². The van der Waals surface area contributed by atoms with Gasteiger partial charge >= 0.3 is 0 Å². The Bertz CT molecular complexity index is 1160. The van der Waals surface area contributed by atoms with Crippen LogP contribution < -0.4 is 14.5 Å². The Labute approximate surface area is 182 Å². The molecule has 0 atom stereocenters. The Balaban J connectivity index is 1.77. The Morgan fingerprint density at radius 2 is 1.68 bits per heavy atom. The number of hydrogen-bond acceptors (Lipinski definition) is 4. The molecule has 0 aromatic heterocycles. The fourth-order valence-electron chi connectivity index (χ4n) is 3.49. The molecule has 0 fully saturated rings. The van der Waals surface area contributed by atoms with Crippen molar-refractivity contribution in [2.45, 2.75) is 6.92 Å². The predicted octanol–water partition coefficient (Wildman–Crippen LogP) is 4.90. The molecule has 5 heteroatoms. The number of methoxy groups -OCH3 is 1. The Morgan fingerprint density at radius 3 is 2.29 bits per heavy atom. The molecule has 1 aliphatic heterocycles. The van der Waals surface area contributed by atoms with Crippen LogP contribution in [0.1, 0.15) is 16.7 Å². The molecule has 0 N–H and O–H groups in total. The van der Waals surface area contributed by atoms with Gasteiger partial charge in [0.15, 0.2) is 0 Å². The van der Waals surface area contributed by atoms with Gasteiger partial charge < -0.3 is 9.64 Å². The number of rotatable bonds is 5. The summed E-state index contributed by atoms with van der Waals surface area (Å²) in [5, 5.41) is 0. The number of amides is 1. The van der Waals surface area contributed by atoms with Crippen LogP contribution in [0.15, 0.2) is 83.5 Å². The van der Waals surface area contributed by atoms with Crippen molar-refractivity contribution in [1.29, 1.82) is 0 Å². The van der Waals surface area contributed by atoms with Crippen LogP contribution in [0.3, 0.4) is 0 Å². The molecular weight excluding hydrogens is 386 g/mol. The molecule has 5 nitrogen and oxygen atoms in total. The summed E-state index contributed by atoms with van der Waals surface area (Å²) < 4.78 is 5.26. The van der Waals surface area contributed by atoms with Crippen molar-refractivity contribution < 1.29 is 9.53 Å². The average molecular weight is 412 g/mol. The maximum Gasteiger partial charge on any atom is 0.282 e. The van der Waals surface area contributed by atoms with Gasteiger partial charge in [-0.05, 0) is 61.0 Å². The van der Waals surface area contributed by atoms with Crippen LogP contribution >= 0.6 is 0 Å². The Hall–Kier alpha value is -3.86. The van der Waals surface area contributed by atoms with E-state index in [1.54, 1.807) is 12.0 Å². The zero-order chi connectivity index (χ0) is 22.0. The zero-order valence-electron chi connectivity index (χ0n) is 18.2. The number of carbonyl (C=O) groups excluding carboxylic acids is 1. The normalized spacial score (nSPS) is 14.7. The van der Waals surface area contributed by atoms with E-state index in [2.05, 4.69) is 0 Å². The summed E-state index contributed by atoms with van der Waals surface area (Å²) in [5.74, 6) is 1.20. The summed E-state index contributed by atoms with van der Waals surface area (Å²) in [6.07, 6.45) is 1.83. The molecule has 3 aromatic carbocycles. The molecule has 0 unspecified atom stereocenters. The molecule has 4 rings (SSSR count). The standard InChI is InChI=1S/C26H25N3O2/c1-18-6-5-7-20(16-18)25-27-24(17-19-8-10-21(11-9-19)28(2)3)26(30)29(25)22-12-14-23(31-4)15-13-22/h5-17H,1-4H3/b24-17+. The van der Waals surface area contributed by atoms with E-state index in [0.29, 0.717) is 11.5 Å². The summed E-state index contributed by atoms with van der Waals surface area (Å²) in [7, 11) is 5.62. The summed E-state index contributed by atoms with van der Waals surface area (Å²) in [5.41, 5.74) is 5.19. The highest BCUT2D eigenvalue weighted by molar-refractivity contribution is 6.33. The number of hydrogen-bond donors (Lipinski definition) is 0. The van der Waals surface area contributed by atoms with E-state index < -0.39 is 0 Å². The summed E-state index contributed by atoms with van der Waals surface area (Å²) in [6.45, 7) is 2.03. The first-order chi connectivity index (χ1) is 15.0. The minimum atomic E-state index is -0.154. The van der Waals surface area contributed by atoms with Gasteiger partial charge in [-0.2, -0.15) is 0 Å². The lowest BCUT2D eigenvalue weighted by atomic mass is 10.1. The maximum atomic E-state index is 13.4. The lowest BCUT2D eigenvalue weighted by molar-refractivity contribution is -0.113. The second-order valence-corrected chi connectivity index (χ2v) is 7.66. The van der Waals surface area contributed by atoms with Crippen LogP contribution in [0.5, 0.6) is 5.75 Å². The van der Waals surface area contributed by atoms with Crippen LogP contribution in [0.25, 0.3) is 6.08 Å². The van der Waals surface area contributed by atoms with Gasteiger partial charge in [-0.3, -0.25) is 9.69 Å². The quantitative estimate of drug-likeness (QED) is 0.561. The van der Waals surface area contributed by atoms with Crippen LogP contribution in [0, 0.1) is 6.92 Å². The van der Waals surface area contributed by atoms with E-state index in [9.17, 15) is 4.79 Å². The number of anilines is 2. The van der Waals surface area contributed by atoms with Gasteiger partial charge in [0.05, 0.1) is 12.8 Å². The number of amidine groups is 1. The molecule has 1 heterocycles. The maximum absolute atomic E-state index is 13.4. The summed E-state index contributed by atoms with van der Waals surface area (Å²) in [4.78, 5) is 21.9. The number of aryl methyl sites for hydroxylation is 1. The molecule has 3 aromatic rings. The van der Waals surface area contributed by atoms with E-state index in [0.717, 1.165) is 33.8 Å². The van der Waals surface area contributed by atoms with E-state index in [1.807, 2.05) is 105 Å². The summed E-state index contributed by atoms with van der Waals surface area (Å²) in [6, 6.07) is 23.5. The summed E-state index contributed by atoms with van der Waals surface area (Å²) >= 11 is 0. The van der Waals surface area contributed by atoms with E-state index in [1.165, 1.54) is 0 Å². The van der Waals surface area contributed by atoms with E-state index in [-0.39, 0.29) is 5.91 Å². The molecule has 156 valence electrons. The lowest BCUT2D eigenvalue weighted by Gasteiger charge is -2.19.